The highest BCUT2D eigenvalue weighted by Gasteiger charge is 2.14. The fourth-order valence-electron chi connectivity index (χ4n) is 2.02. The Morgan fingerprint density at radius 3 is 2.86 bits per heavy atom. The maximum atomic E-state index is 11.9. The molecule has 0 unspecified atom stereocenters. The first-order chi connectivity index (χ1) is 10.6. The van der Waals surface area contributed by atoms with Crippen LogP contribution < -0.4 is 14.8 Å². The maximum Gasteiger partial charge on any atom is 0.381 e. The van der Waals surface area contributed by atoms with Gasteiger partial charge in [-0.05, 0) is 22.0 Å². The lowest BCUT2D eigenvalue weighted by atomic mass is 10.2. The van der Waals surface area contributed by atoms with Gasteiger partial charge in [-0.3, -0.25) is 4.79 Å². The Bertz CT molecular complexity index is 727. The molecule has 0 aliphatic carbocycles. The van der Waals surface area contributed by atoms with Crippen LogP contribution in [0.2, 0.25) is 0 Å². The molecular formula is C13H12N4O5. The average Bonchev–Trinajstić information content (AvgIpc) is 2.95. The fraction of sp³-hybridized carbons (Fsp3) is 0.231. The van der Waals surface area contributed by atoms with Crippen molar-refractivity contribution >= 4 is 17.4 Å². The van der Waals surface area contributed by atoms with Crippen LogP contribution in [0.25, 0.3) is 0 Å². The molecule has 2 heterocycles. The number of ether oxygens (including phenoxy) is 2. The van der Waals surface area contributed by atoms with Gasteiger partial charge in [-0.2, -0.15) is 0 Å². The smallest absolute Gasteiger partial charge is 0.381 e. The van der Waals surface area contributed by atoms with Gasteiger partial charge in [0, 0.05) is 11.8 Å². The minimum Gasteiger partial charge on any atom is -0.486 e. The number of imidazole rings is 1. The summed E-state index contributed by atoms with van der Waals surface area (Å²) in [6.45, 7) is 0.885. The lowest BCUT2D eigenvalue weighted by Gasteiger charge is -2.19. The summed E-state index contributed by atoms with van der Waals surface area (Å²) in [5.74, 6) is 0.577. The predicted molar refractivity (Wildman–Crippen MR) is 74.9 cm³/mol. The second-order valence-corrected chi connectivity index (χ2v) is 4.57. The van der Waals surface area contributed by atoms with E-state index in [2.05, 4.69) is 10.3 Å². The SMILES string of the molecule is O=C(Cn1cnc([N+](=O)[O-])c1)Nc1ccc2c(c1)OCCO2. The van der Waals surface area contributed by atoms with Gasteiger partial charge >= 0.3 is 5.82 Å². The summed E-state index contributed by atoms with van der Waals surface area (Å²) in [7, 11) is 0. The quantitative estimate of drug-likeness (QED) is 0.671. The zero-order valence-electron chi connectivity index (χ0n) is 11.4. The molecule has 0 bridgehead atoms. The van der Waals surface area contributed by atoms with Gasteiger partial charge in [0.15, 0.2) is 11.5 Å². The molecule has 1 aromatic carbocycles. The molecule has 3 rings (SSSR count). The molecule has 0 fully saturated rings. The highest BCUT2D eigenvalue weighted by atomic mass is 16.6. The van der Waals surface area contributed by atoms with Crippen molar-refractivity contribution in [2.75, 3.05) is 18.5 Å². The predicted octanol–water partition coefficient (Wildman–Crippen LogP) is 1.20. The highest BCUT2D eigenvalue weighted by molar-refractivity contribution is 5.91. The maximum absolute atomic E-state index is 11.9. The van der Waals surface area contributed by atoms with E-state index in [4.69, 9.17) is 9.47 Å². The van der Waals surface area contributed by atoms with E-state index in [0.717, 1.165) is 0 Å². The molecule has 0 saturated heterocycles. The molecule has 0 spiro atoms. The molecular weight excluding hydrogens is 292 g/mol. The van der Waals surface area contributed by atoms with Crippen molar-refractivity contribution in [1.29, 1.82) is 0 Å². The van der Waals surface area contributed by atoms with Crippen molar-refractivity contribution in [3.05, 3.63) is 40.8 Å². The summed E-state index contributed by atoms with van der Waals surface area (Å²) in [6.07, 6.45) is 2.44. The van der Waals surface area contributed by atoms with E-state index in [1.165, 1.54) is 17.1 Å². The van der Waals surface area contributed by atoms with Gasteiger partial charge in [-0.1, -0.05) is 0 Å². The van der Waals surface area contributed by atoms with Crippen LogP contribution in [0, 0.1) is 10.1 Å². The Morgan fingerprint density at radius 2 is 2.14 bits per heavy atom. The summed E-state index contributed by atoms with van der Waals surface area (Å²) < 4.78 is 12.2. The molecule has 1 aliphatic rings. The van der Waals surface area contributed by atoms with Crippen molar-refractivity contribution < 1.29 is 19.2 Å². The van der Waals surface area contributed by atoms with E-state index >= 15 is 0 Å². The van der Waals surface area contributed by atoms with Gasteiger partial charge in [-0.25, -0.2) is 0 Å². The van der Waals surface area contributed by atoms with E-state index in [1.54, 1.807) is 18.2 Å². The summed E-state index contributed by atoms with van der Waals surface area (Å²) in [5, 5.41) is 13.2. The molecule has 0 saturated carbocycles. The number of nitrogens with one attached hydrogen (secondary N) is 1. The van der Waals surface area contributed by atoms with Crippen LogP contribution in [0.4, 0.5) is 11.5 Å². The van der Waals surface area contributed by atoms with Crippen molar-refractivity contribution in [1.82, 2.24) is 9.55 Å². The zero-order chi connectivity index (χ0) is 15.5. The zero-order valence-corrected chi connectivity index (χ0v) is 11.4. The molecule has 22 heavy (non-hydrogen) atoms. The van der Waals surface area contributed by atoms with Crippen LogP contribution >= 0.6 is 0 Å². The van der Waals surface area contributed by atoms with Gasteiger partial charge < -0.3 is 29.5 Å². The van der Waals surface area contributed by atoms with E-state index in [1.807, 2.05) is 0 Å². The first kappa shape index (κ1) is 13.9. The molecule has 1 aromatic heterocycles. The van der Waals surface area contributed by atoms with Gasteiger partial charge in [0.2, 0.25) is 12.2 Å². The number of hydrogen-bond donors (Lipinski definition) is 1. The number of carbonyl (C=O) groups excluding carboxylic acids is 1. The number of nitro groups is 1. The Balaban J connectivity index is 1.65. The van der Waals surface area contributed by atoms with E-state index in [0.29, 0.717) is 30.4 Å². The number of anilines is 1. The highest BCUT2D eigenvalue weighted by Crippen LogP contribution is 2.32. The molecule has 114 valence electrons. The first-order valence-electron chi connectivity index (χ1n) is 6.47. The van der Waals surface area contributed by atoms with Gasteiger partial charge in [-0.15, -0.1) is 0 Å². The monoisotopic (exact) mass is 304 g/mol. The van der Waals surface area contributed by atoms with Crippen LogP contribution in [-0.4, -0.2) is 33.6 Å². The van der Waals surface area contributed by atoms with Crippen molar-refractivity contribution in [3.8, 4) is 11.5 Å². The van der Waals surface area contributed by atoms with Gasteiger partial charge in [0.25, 0.3) is 0 Å². The van der Waals surface area contributed by atoms with Crippen LogP contribution in [0.15, 0.2) is 30.7 Å². The Kier molecular flexibility index (Phi) is 3.60. The number of benzene rings is 1. The molecule has 9 heteroatoms. The van der Waals surface area contributed by atoms with E-state index in [-0.39, 0.29) is 18.3 Å². The second-order valence-electron chi connectivity index (χ2n) is 4.57. The minimum atomic E-state index is -0.616. The summed E-state index contributed by atoms with van der Waals surface area (Å²) in [6, 6.07) is 5.08. The third-order valence-corrected chi connectivity index (χ3v) is 2.96. The number of nitrogens with zero attached hydrogens (tertiary/aromatic N) is 3. The largest absolute Gasteiger partial charge is 0.486 e. The minimum absolute atomic E-state index is 0.0741. The van der Waals surface area contributed by atoms with Crippen LogP contribution in [0.3, 0.4) is 0 Å². The Morgan fingerprint density at radius 1 is 1.36 bits per heavy atom. The molecule has 1 amide bonds. The van der Waals surface area contributed by atoms with Gasteiger partial charge in [0.1, 0.15) is 26.0 Å². The number of amides is 1. The molecule has 0 atom stereocenters. The molecule has 2 aromatic rings. The van der Waals surface area contributed by atoms with Crippen LogP contribution in [0.1, 0.15) is 0 Å². The molecule has 1 N–H and O–H groups in total. The van der Waals surface area contributed by atoms with Crippen LogP contribution in [-0.2, 0) is 11.3 Å². The number of carbonyl (C=O) groups is 1. The van der Waals surface area contributed by atoms with Crippen molar-refractivity contribution in [2.45, 2.75) is 6.54 Å². The van der Waals surface area contributed by atoms with Crippen LogP contribution in [0.5, 0.6) is 11.5 Å². The molecule has 9 nitrogen and oxygen atoms in total. The standard InChI is InChI=1S/C13H12N4O5/c18-13(7-16-6-12(14-8-16)17(19)20)15-9-1-2-10-11(5-9)22-4-3-21-10/h1-2,5-6,8H,3-4,7H2,(H,15,18). The Hall–Kier alpha value is -3.10. The molecule has 0 radical (unpaired) electrons. The lowest BCUT2D eigenvalue weighted by molar-refractivity contribution is -0.389. The number of hydrogen-bond acceptors (Lipinski definition) is 6. The fourth-order valence-corrected chi connectivity index (χ4v) is 2.02. The molecule has 1 aliphatic heterocycles. The van der Waals surface area contributed by atoms with Crippen molar-refractivity contribution in [2.24, 2.45) is 0 Å². The lowest BCUT2D eigenvalue weighted by Crippen LogP contribution is -2.19. The first-order valence-corrected chi connectivity index (χ1v) is 6.47. The number of rotatable bonds is 4. The normalized spacial score (nSPS) is 12.7. The number of aromatic nitrogens is 2. The van der Waals surface area contributed by atoms with E-state index in [9.17, 15) is 14.9 Å². The topological polar surface area (TPSA) is 109 Å². The summed E-state index contributed by atoms with van der Waals surface area (Å²) in [5.41, 5.74) is 0.559. The third kappa shape index (κ3) is 2.97. The van der Waals surface area contributed by atoms with E-state index < -0.39 is 4.92 Å². The average molecular weight is 304 g/mol. The van der Waals surface area contributed by atoms with Gasteiger partial charge in [0.05, 0.1) is 0 Å². The summed E-state index contributed by atoms with van der Waals surface area (Å²) >= 11 is 0. The third-order valence-electron chi connectivity index (χ3n) is 2.96. The number of fused-ring (bicyclic) bond motifs is 1. The van der Waals surface area contributed by atoms with Crippen molar-refractivity contribution in [3.63, 3.8) is 0 Å². The second kappa shape index (κ2) is 5.72. The Labute approximate surface area is 124 Å². The summed E-state index contributed by atoms with van der Waals surface area (Å²) in [4.78, 5) is 25.4.